The van der Waals surface area contributed by atoms with Crippen LogP contribution in [-0.4, -0.2) is 43.6 Å². The van der Waals surface area contributed by atoms with Gasteiger partial charge in [0.25, 0.3) is 5.91 Å². The van der Waals surface area contributed by atoms with Crippen molar-refractivity contribution in [1.82, 2.24) is 25.7 Å². The Morgan fingerprint density at radius 1 is 1.27 bits per heavy atom. The molecule has 0 radical (unpaired) electrons. The molecule has 0 aliphatic heterocycles. The number of aromatic nitrogens is 4. The highest BCUT2D eigenvalue weighted by Gasteiger charge is 2.20. The average molecular weight is 443 g/mol. The lowest BCUT2D eigenvalue weighted by Gasteiger charge is -2.23. The van der Waals surface area contributed by atoms with Gasteiger partial charge >= 0.3 is 0 Å². The van der Waals surface area contributed by atoms with Crippen molar-refractivity contribution in [3.8, 4) is 10.6 Å². The number of nitrogens with zero attached hydrogens (tertiary/aromatic N) is 3. The van der Waals surface area contributed by atoms with Gasteiger partial charge in [-0.3, -0.25) is 9.89 Å². The molecule has 0 aliphatic rings. The SMILES string of the molecule is CC(C)(CO)NC(=O)c1cccc(-c2nnc(Nc3ccc4[nH]ncc4c3Cl)s2)c1. The van der Waals surface area contributed by atoms with Gasteiger partial charge in [0.05, 0.1) is 34.6 Å². The number of amides is 1. The van der Waals surface area contributed by atoms with Crippen LogP contribution in [-0.2, 0) is 0 Å². The Kier molecular flexibility index (Phi) is 5.42. The van der Waals surface area contributed by atoms with Crippen molar-refractivity contribution >= 4 is 50.6 Å². The Hall–Kier alpha value is -3.01. The predicted molar refractivity (Wildman–Crippen MR) is 118 cm³/mol. The lowest BCUT2D eigenvalue weighted by molar-refractivity contribution is 0.0869. The van der Waals surface area contributed by atoms with Gasteiger partial charge in [-0.25, -0.2) is 0 Å². The van der Waals surface area contributed by atoms with E-state index in [1.807, 2.05) is 18.2 Å². The van der Waals surface area contributed by atoms with E-state index in [1.165, 1.54) is 11.3 Å². The van der Waals surface area contributed by atoms with Crippen molar-refractivity contribution < 1.29 is 9.90 Å². The quantitative estimate of drug-likeness (QED) is 0.359. The number of fused-ring (bicyclic) bond motifs is 1. The molecule has 154 valence electrons. The van der Waals surface area contributed by atoms with E-state index in [1.54, 1.807) is 38.2 Å². The number of carbonyl (C=O) groups excluding carboxylic acids is 1. The zero-order chi connectivity index (χ0) is 21.3. The summed E-state index contributed by atoms with van der Waals surface area (Å²) in [6.45, 7) is 3.35. The van der Waals surface area contributed by atoms with E-state index in [4.69, 9.17) is 11.6 Å². The summed E-state index contributed by atoms with van der Waals surface area (Å²) >= 11 is 7.80. The fourth-order valence-corrected chi connectivity index (χ4v) is 3.81. The highest BCUT2D eigenvalue weighted by Crippen LogP contribution is 2.34. The van der Waals surface area contributed by atoms with Crippen LogP contribution >= 0.6 is 22.9 Å². The molecule has 2 aromatic carbocycles. The van der Waals surface area contributed by atoms with Crippen LogP contribution < -0.4 is 10.6 Å². The zero-order valence-corrected chi connectivity index (χ0v) is 17.8. The third kappa shape index (κ3) is 4.13. The number of rotatable bonds is 6. The largest absolute Gasteiger partial charge is 0.394 e. The molecule has 0 fully saturated rings. The summed E-state index contributed by atoms with van der Waals surface area (Å²) in [5.74, 6) is -0.265. The second kappa shape index (κ2) is 8.02. The topological polar surface area (TPSA) is 116 Å². The van der Waals surface area contributed by atoms with Crippen molar-refractivity contribution in [2.45, 2.75) is 19.4 Å². The molecule has 0 atom stereocenters. The van der Waals surface area contributed by atoms with Crippen molar-refractivity contribution in [1.29, 1.82) is 0 Å². The number of hydrogen-bond donors (Lipinski definition) is 4. The van der Waals surface area contributed by atoms with Gasteiger partial charge in [-0.2, -0.15) is 5.10 Å². The minimum absolute atomic E-state index is 0.156. The third-order valence-electron chi connectivity index (χ3n) is 4.44. The molecule has 0 unspecified atom stereocenters. The number of halogens is 1. The summed E-state index contributed by atoms with van der Waals surface area (Å²) in [6.07, 6.45) is 1.67. The molecule has 4 N–H and O–H groups in total. The number of aliphatic hydroxyl groups is 1. The minimum Gasteiger partial charge on any atom is -0.394 e. The molecule has 4 rings (SSSR count). The fourth-order valence-electron chi connectivity index (χ4n) is 2.80. The van der Waals surface area contributed by atoms with Crippen LogP contribution in [0.4, 0.5) is 10.8 Å². The maximum atomic E-state index is 12.5. The number of anilines is 2. The van der Waals surface area contributed by atoms with Crippen molar-refractivity contribution in [3.05, 3.63) is 53.2 Å². The molecular weight excluding hydrogens is 424 g/mol. The highest BCUT2D eigenvalue weighted by molar-refractivity contribution is 7.18. The first-order chi connectivity index (χ1) is 14.4. The van der Waals surface area contributed by atoms with Crippen LogP contribution in [0.5, 0.6) is 0 Å². The molecule has 4 aromatic rings. The molecule has 30 heavy (non-hydrogen) atoms. The summed E-state index contributed by atoms with van der Waals surface area (Å²) in [5, 5.41) is 33.2. The number of benzene rings is 2. The minimum atomic E-state index is -0.706. The van der Waals surface area contributed by atoms with Crippen LogP contribution in [0.2, 0.25) is 5.02 Å². The Bertz CT molecular complexity index is 1220. The van der Waals surface area contributed by atoms with Crippen molar-refractivity contribution in [2.75, 3.05) is 11.9 Å². The molecule has 0 aliphatic carbocycles. The number of hydrogen-bond acceptors (Lipinski definition) is 7. The monoisotopic (exact) mass is 442 g/mol. The van der Waals surface area contributed by atoms with E-state index in [0.717, 1.165) is 16.5 Å². The summed E-state index contributed by atoms with van der Waals surface area (Å²) < 4.78 is 0. The second-order valence-corrected chi connectivity index (χ2v) is 8.73. The fraction of sp³-hybridized carbons (Fsp3) is 0.200. The van der Waals surface area contributed by atoms with Gasteiger partial charge in [-0.15, -0.1) is 10.2 Å². The average Bonchev–Trinajstić information content (AvgIpc) is 3.40. The van der Waals surface area contributed by atoms with Crippen LogP contribution in [0.25, 0.3) is 21.5 Å². The molecule has 1 amide bonds. The van der Waals surface area contributed by atoms with E-state index in [0.29, 0.717) is 26.4 Å². The number of aromatic amines is 1. The van der Waals surface area contributed by atoms with Gasteiger partial charge < -0.3 is 15.7 Å². The smallest absolute Gasteiger partial charge is 0.251 e. The van der Waals surface area contributed by atoms with E-state index in [2.05, 4.69) is 31.0 Å². The van der Waals surface area contributed by atoms with Gasteiger partial charge in [-0.05, 0) is 38.1 Å². The first-order valence-corrected chi connectivity index (χ1v) is 10.3. The van der Waals surface area contributed by atoms with Gasteiger partial charge in [0.15, 0.2) is 0 Å². The van der Waals surface area contributed by atoms with Crippen molar-refractivity contribution in [2.24, 2.45) is 0 Å². The van der Waals surface area contributed by atoms with E-state index in [9.17, 15) is 9.90 Å². The standard InChI is InChI=1S/C20H19ClN6O2S/c1-20(2,10-28)24-17(29)11-4-3-5-12(8-11)18-26-27-19(30-18)23-15-7-6-14-13(16(15)21)9-22-25-14/h3-9,28H,10H2,1-2H3,(H,22,25)(H,23,27)(H,24,29). The van der Waals surface area contributed by atoms with E-state index in [-0.39, 0.29) is 12.5 Å². The molecule has 0 saturated carbocycles. The van der Waals surface area contributed by atoms with Gasteiger partial charge in [-0.1, -0.05) is 35.1 Å². The molecule has 2 heterocycles. The van der Waals surface area contributed by atoms with Gasteiger partial charge in [0, 0.05) is 16.5 Å². The van der Waals surface area contributed by atoms with Gasteiger partial charge in [0.2, 0.25) is 5.13 Å². The zero-order valence-electron chi connectivity index (χ0n) is 16.2. The lowest BCUT2D eigenvalue weighted by Crippen LogP contribution is -2.46. The number of nitrogens with one attached hydrogen (secondary N) is 3. The molecule has 10 heteroatoms. The Morgan fingerprint density at radius 2 is 2.10 bits per heavy atom. The predicted octanol–water partition coefficient (Wildman–Crippen LogP) is 3.98. The number of carbonyl (C=O) groups is 1. The molecule has 0 saturated heterocycles. The molecular formula is C20H19ClN6O2S. The Morgan fingerprint density at radius 3 is 2.90 bits per heavy atom. The first-order valence-electron chi connectivity index (χ1n) is 9.12. The number of aliphatic hydroxyl groups excluding tert-OH is 1. The lowest BCUT2D eigenvalue weighted by atomic mass is 10.1. The first kappa shape index (κ1) is 20.3. The molecule has 2 aromatic heterocycles. The van der Waals surface area contributed by atoms with Gasteiger partial charge in [0.1, 0.15) is 5.01 Å². The van der Waals surface area contributed by atoms with Crippen molar-refractivity contribution in [3.63, 3.8) is 0 Å². The number of H-pyrrole nitrogens is 1. The molecule has 0 spiro atoms. The van der Waals surface area contributed by atoms with E-state index >= 15 is 0 Å². The summed E-state index contributed by atoms with van der Waals surface area (Å²) in [4.78, 5) is 12.5. The van der Waals surface area contributed by atoms with E-state index < -0.39 is 5.54 Å². The maximum absolute atomic E-state index is 12.5. The van der Waals surface area contributed by atoms with Crippen LogP contribution in [0.3, 0.4) is 0 Å². The van der Waals surface area contributed by atoms with Crippen LogP contribution in [0.15, 0.2) is 42.6 Å². The third-order valence-corrected chi connectivity index (χ3v) is 5.74. The maximum Gasteiger partial charge on any atom is 0.251 e. The summed E-state index contributed by atoms with van der Waals surface area (Å²) in [5.41, 5.74) is 2.09. The Labute approximate surface area is 181 Å². The van der Waals surface area contributed by atoms with Crippen LogP contribution in [0, 0.1) is 0 Å². The highest BCUT2D eigenvalue weighted by atomic mass is 35.5. The summed E-state index contributed by atoms with van der Waals surface area (Å²) in [6, 6.07) is 10.8. The second-order valence-electron chi connectivity index (χ2n) is 7.37. The Balaban J connectivity index is 1.55. The molecule has 0 bridgehead atoms. The van der Waals surface area contributed by atoms with Crippen LogP contribution in [0.1, 0.15) is 24.2 Å². The normalized spacial score (nSPS) is 11.6. The summed E-state index contributed by atoms with van der Waals surface area (Å²) in [7, 11) is 0. The molecule has 8 nitrogen and oxygen atoms in total.